The fourth-order valence-electron chi connectivity index (χ4n) is 3.44. The summed E-state index contributed by atoms with van der Waals surface area (Å²) in [6, 6.07) is 14.4. The van der Waals surface area contributed by atoms with Gasteiger partial charge in [-0.15, -0.1) is 0 Å². The summed E-state index contributed by atoms with van der Waals surface area (Å²) in [4.78, 5) is 18.0. The van der Waals surface area contributed by atoms with Crippen molar-refractivity contribution in [1.29, 1.82) is 0 Å². The van der Waals surface area contributed by atoms with Crippen molar-refractivity contribution in [3.05, 3.63) is 65.9 Å². The largest absolute Gasteiger partial charge is 0.454 e. The van der Waals surface area contributed by atoms with E-state index in [9.17, 15) is 4.79 Å². The zero-order valence-electron chi connectivity index (χ0n) is 14.9. The molecule has 136 valence electrons. The molecule has 1 amide bonds. The number of rotatable bonds is 5. The van der Waals surface area contributed by atoms with Crippen molar-refractivity contribution in [1.82, 2.24) is 9.88 Å². The minimum absolute atomic E-state index is 0.0433. The predicted octanol–water partition coefficient (Wildman–Crippen LogP) is 4.10. The molecule has 0 bridgehead atoms. The van der Waals surface area contributed by atoms with Gasteiger partial charge in [-0.05, 0) is 59.7 Å². The molecule has 0 radical (unpaired) electrons. The molecule has 0 unspecified atom stereocenters. The first-order valence-electron chi connectivity index (χ1n) is 9.21. The maximum atomic E-state index is 12.8. The van der Waals surface area contributed by atoms with Crippen molar-refractivity contribution in [3.8, 4) is 11.5 Å². The van der Waals surface area contributed by atoms with Crippen LogP contribution in [0.25, 0.3) is 17.0 Å². The predicted molar refractivity (Wildman–Crippen MR) is 103 cm³/mol. The van der Waals surface area contributed by atoms with E-state index in [1.165, 1.54) is 5.39 Å². The van der Waals surface area contributed by atoms with E-state index in [1.54, 1.807) is 6.08 Å². The Labute approximate surface area is 157 Å². The number of carbonyl (C=O) groups excluding carboxylic acids is 1. The Morgan fingerprint density at radius 1 is 1.11 bits per heavy atom. The summed E-state index contributed by atoms with van der Waals surface area (Å²) >= 11 is 0. The summed E-state index contributed by atoms with van der Waals surface area (Å²) in [5.41, 5.74) is 3.17. The van der Waals surface area contributed by atoms with E-state index in [2.05, 4.69) is 29.2 Å². The molecule has 0 saturated heterocycles. The number of aromatic nitrogens is 1. The average molecular weight is 360 g/mol. The molecule has 3 aromatic rings. The highest BCUT2D eigenvalue weighted by atomic mass is 16.7. The minimum atomic E-state index is 0.0433. The van der Waals surface area contributed by atoms with Crippen molar-refractivity contribution < 1.29 is 14.3 Å². The molecule has 1 aromatic heterocycles. The maximum absolute atomic E-state index is 12.8. The average Bonchev–Trinajstić information content (AvgIpc) is 3.23. The van der Waals surface area contributed by atoms with Crippen molar-refractivity contribution in [2.75, 3.05) is 6.79 Å². The lowest BCUT2D eigenvalue weighted by Gasteiger charge is -2.21. The van der Waals surface area contributed by atoms with E-state index >= 15 is 0 Å². The van der Waals surface area contributed by atoms with Crippen LogP contribution in [0.4, 0.5) is 0 Å². The van der Waals surface area contributed by atoms with Crippen molar-refractivity contribution in [2.45, 2.75) is 25.4 Å². The number of nitrogens with one attached hydrogen (secondary N) is 1. The minimum Gasteiger partial charge on any atom is -0.454 e. The Kier molecular flexibility index (Phi) is 3.85. The van der Waals surface area contributed by atoms with Gasteiger partial charge in [-0.1, -0.05) is 18.2 Å². The molecule has 5 heteroatoms. The standard InChI is InChI=1S/C22H20N2O3/c25-22(8-3-15-2-7-20-21(12-15)27-14-26-20)24(18-5-6-18)13-16-1-4-17-9-10-23-19(17)11-16/h1-4,7-12,18,23H,5-6,13-14H2. The van der Waals surface area contributed by atoms with Gasteiger partial charge in [0.25, 0.3) is 0 Å². The molecule has 5 rings (SSSR count). The number of hydrogen-bond acceptors (Lipinski definition) is 3. The van der Waals surface area contributed by atoms with Crippen LogP contribution in [-0.4, -0.2) is 28.6 Å². The van der Waals surface area contributed by atoms with Gasteiger partial charge in [0.05, 0.1) is 0 Å². The van der Waals surface area contributed by atoms with Crippen LogP contribution in [0.3, 0.4) is 0 Å². The Bertz CT molecular complexity index is 1030. The van der Waals surface area contributed by atoms with E-state index in [0.717, 1.165) is 41.0 Å². The lowest BCUT2D eigenvalue weighted by Crippen LogP contribution is -2.31. The second kappa shape index (κ2) is 6.50. The highest BCUT2D eigenvalue weighted by Crippen LogP contribution is 2.33. The Morgan fingerprint density at radius 3 is 2.89 bits per heavy atom. The molecule has 27 heavy (non-hydrogen) atoms. The number of nitrogens with zero attached hydrogens (tertiary/aromatic N) is 1. The number of amides is 1. The molecule has 0 spiro atoms. The lowest BCUT2D eigenvalue weighted by molar-refractivity contribution is -0.127. The summed E-state index contributed by atoms with van der Waals surface area (Å²) < 4.78 is 10.7. The van der Waals surface area contributed by atoms with E-state index in [4.69, 9.17) is 9.47 Å². The van der Waals surface area contributed by atoms with Gasteiger partial charge in [-0.25, -0.2) is 0 Å². The normalized spacial score (nSPS) is 15.6. The van der Waals surface area contributed by atoms with Crippen LogP contribution >= 0.6 is 0 Å². The number of carbonyl (C=O) groups is 1. The number of benzene rings is 2. The van der Waals surface area contributed by atoms with Gasteiger partial charge in [-0.2, -0.15) is 0 Å². The second-order valence-electron chi connectivity index (χ2n) is 7.04. The first-order valence-corrected chi connectivity index (χ1v) is 9.21. The molecule has 1 aliphatic carbocycles. The van der Waals surface area contributed by atoms with Gasteiger partial charge in [0.15, 0.2) is 11.5 Å². The van der Waals surface area contributed by atoms with Gasteiger partial charge in [0, 0.05) is 30.4 Å². The smallest absolute Gasteiger partial charge is 0.247 e. The molecule has 5 nitrogen and oxygen atoms in total. The van der Waals surface area contributed by atoms with Crippen molar-refractivity contribution in [3.63, 3.8) is 0 Å². The van der Waals surface area contributed by atoms with Gasteiger partial charge in [-0.3, -0.25) is 4.79 Å². The highest BCUT2D eigenvalue weighted by Gasteiger charge is 2.31. The van der Waals surface area contributed by atoms with Crippen LogP contribution in [0.15, 0.2) is 54.7 Å². The summed E-state index contributed by atoms with van der Waals surface area (Å²) in [7, 11) is 0. The monoisotopic (exact) mass is 360 g/mol. The topological polar surface area (TPSA) is 54.6 Å². The highest BCUT2D eigenvalue weighted by molar-refractivity contribution is 5.92. The molecule has 0 atom stereocenters. The fraction of sp³-hybridized carbons (Fsp3) is 0.227. The second-order valence-corrected chi connectivity index (χ2v) is 7.04. The molecule has 2 heterocycles. The van der Waals surface area contributed by atoms with Crippen LogP contribution in [0.1, 0.15) is 24.0 Å². The Hall–Kier alpha value is -3.21. The number of H-pyrrole nitrogens is 1. The number of hydrogen-bond donors (Lipinski definition) is 1. The van der Waals surface area contributed by atoms with Crippen LogP contribution < -0.4 is 9.47 Å². The van der Waals surface area contributed by atoms with Gasteiger partial charge in [0.1, 0.15) is 0 Å². The molecule has 1 fully saturated rings. The third-order valence-electron chi connectivity index (χ3n) is 5.06. The summed E-state index contributed by atoms with van der Waals surface area (Å²) in [5.74, 6) is 1.52. The molecular weight excluding hydrogens is 340 g/mol. The molecule has 1 N–H and O–H groups in total. The molecule has 1 saturated carbocycles. The van der Waals surface area contributed by atoms with Crippen molar-refractivity contribution >= 4 is 22.9 Å². The number of ether oxygens (including phenoxy) is 2. The van der Waals surface area contributed by atoms with Gasteiger partial charge < -0.3 is 19.4 Å². The summed E-state index contributed by atoms with van der Waals surface area (Å²) in [5, 5.41) is 1.19. The first-order chi connectivity index (χ1) is 13.3. The lowest BCUT2D eigenvalue weighted by atomic mass is 10.1. The first kappa shape index (κ1) is 16.0. The van der Waals surface area contributed by atoms with Crippen LogP contribution in [-0.2, 0) is 11.3 Å². The summed E-state index contributed by atoms with van der Waals surface area (Å²) in [6.07, 6.45) is 7.59. The van der Waals surface area contributed by atoms with Crippen LogP contribution in [0.5, 0.6) is 11.5 Å². The van der Waals surface area contributed by atoms with E-state index in [0.29, 0.717) is 12.6 Å². The summed E-state index contributed by atoms with van der Waals surface area (Å²) in [6.45, 7) is 0.881. The van der Waals surface area contributed by atoms with Crippen molar-refractivity contribution in [2.24, 2.45) is 0 Å². The van der Waals surface area contributed by atoms with Crippen LogP contribution in [0.2, 0.25) is 0 Å². The van der Waals surface area contributed by atoms with Crippen LogP contribution in [0, 0.1) is 0 Å². The zero-order chi connectivity index (χ0) is 18.2. The molecular formula is C22H20N2O3. The van der Waals surface area contributed by atoms with Gasteiger partial charge in [0.2, 0.25) is 12.7 Å². The Morgan fingerprint density at radius 2 is 2.00 bits per heavy atom. The third kappa shape index (κ3) is 3.28. The maximum Gasteiger partial charge on any atom is 0.247 e. The molecule has 2 aromatic carbocycles. The van der Waals surface area contributed by atoms with E-state index in [-0.39, 0.29) is 12.7 Å². The van der Waals surface area contributed by atoms with E-state index in [1.807, 2.05) is 35.4 Å². The molecule has 2 aliphatic rings. The third-order valence-corrected chi connectivity index (χ3v) is 5.06. The SMILES string of the molecule is O=C(C=Cc1ccc2c(c1)OCO2)N(Cc1ccc2cc[nH]c2c1)C1CC1. The van der Waals surface area contributed by atoms with Gasteiger partial charge >= 0.3 is 0 Å². The zero-order valence-corrected chi connectivity index (χ0v) is 14.9. The Balaban J connectivity index is 1.33. The van der Waals surface area contributed by atoms with E-state index < -0.39 is 0 Å². The quantitative estimate of drug-likeness (QED) is 0.697. The number of fused-ring (bicyclic) bond motifs is 2. The number of aromatic amines is 1. The fourth-order valence-corrected chi connectivity index (χ4v) is 3.44. The molecule has 1 aliphatic heterocycles.